The average molecular weight is 352 g/mol. The molecule has 6 heteroatoms. The Labute approximate surface area is 149 Å². The Morgan fingerprint density at radius 3 is 2.28 bits per heavy atom. The van der Waals surface area contributed by atoms with Crippen LogP contribution in [0.25, 0.3) is 0 Å². The number of rotatable bonds is 4. The lowest BCUT2D eigenvalue weighted by atomic mass is 10.2. The highest BCUT2D eigenvalue weighted by atomic mass is 35.5. The standard InChI is InChI=1S/C19H14ClN3O2/c20-14-5-4-8-16(12-14)23-19(25)17-11-13(9-10-21-17)18(24)22-15-6-2-1-3-7-15/h1-12H,(H,22,24)(H,23,25). The predicted molar refractivity (Wildman–Crippen MR) is 98.0 cm³/mol. The quantitative estimate of drug-likeness (QED) is 0.738. The smallest absolute Gasteiger partial charge is 0.274 e. The molecule has 1 aromatic heterocycles. The van der Waals surface area contributed by atoms with Crippen molar-refractivity contribution in [1.29, 1.82) is 0 Å². The number of nitrogens with zero attached hydrogens (tertiary/aromatic N) is 1. The van der Waals surface area contributed by atoms with Gasteiger partial charge in [0.05, 0.1) is 0 Å². The Morgan fingerprint density at radius 2 is 1.52 bits per heavy atom. The van der Waals surface area contributed by atoms with E-state index in [-0.39, 0.29) is 11.6 Å². The number of halogens is 1. The van der Waals surface area contributed by atoms with Crippen molar-refractivity contribution < 1.29 is 9.59 Å². The molecule has 0 aliphatic rings. The van der Waals surface area contributed by atoms with Gasteiger partial charge in [-0.05, 0) is 42.5 Å². The summed E-state index contributed by atoms with van der Waals surface area (Å²) < 4.78 is 0. The molecule has 0 saturated heterocycles. The van der Waals surface area contributed by atoms with Crippen molar-refractivity contribution in [3.05, 3.63) is 89.2 Å². The third-order valence-electron chi connectivity index (χ3n) is 3.37. The lowest BCUT2D eigenvalue weighted by Crippen LogP contribution is -2.17. The summed E-state index contributed by atoms with van der Waals surface area (Å²) in [6.07, 6.45) is 1.42. The van der Waals surface area contributed by atoms with Crippen LogP contribution >= 0.6 is 11.6 Å². The van der Waals surface area contributed by atoms with Crippen LogP contribution in [0, 0.1) is 0 Å². The number of hydrogen-bond donors (Lipinski definition) is 2. The fourth-order valence-electron chi connectivity index (χ4n) is 2.18. The van der Waals surface area contributed by atoms with Gasteiger partial charge < -0.3 is 10.6 Å². The van der Waals surface area contributed by atoms with Crippen molar-refractivity contribution in [3.63, 3.8) is 0 Å². The Morgan fingerprint density at radius 1 is 0.800 bits per heavy atom. The normalized spacial score (nSPS) is 10.1. The number of pyridine rings is 1. The highest BCUT2D eigenvalue weighted by Gasteiger charge is 2.12. The topological polar surface area (TPSA) is 71.1 Å². The number of amides is 2. The summed E-state index contributed by atoms with van der Waals surface area (Å²) >= 11 is 5.90. The molecule has 3 aromatic rings. The number of hydrogen-bond acceptors (Lipinski definition) is 3. The summed E-state index contributed by atoms with van der Waals surface area (Å²) in [5.41, 5.74) is 1.71. The third kappa shape index (κ3) is 4.43. The molecule has 5 nitrogen and oxygen atoms in total. The van der Waals surface area contributed by atoms with E-state index < -0.39 is 5.91 Å². The molecular weight excluding hydrogens is 338 g/mol. The molecule has 0 radical (unpaired) electrons. The van der Waals surface area contributed by atoms with Crippen molar-refractivity contribution in [2.75, 3.05) is 10.6 Å². The van der Waals surface area contributed by atoms with Gasteiger partial charge in [-0.2, -0.15) is 0 Å². The van der Waals surface area contributed by atoms with Gasteiger partial charge in [0.1, 0.15) is 5.69 Å². The van der Waals surface area contributed by atoms with E-state index in [1.807, 2.05) is 18.2 Å². The van der Waals surface area contributed by atoms with Gasteiger partial charge in [0.2, 0.25) is 0 Å². The van der Waals surface area contributed by atoms with E-state index in [1.165, 1.54) is 12.3 Å². The number of para-hydroxylation sites is 1. The zero-order valence-corrected chi connectivity index (χ0v) is 13.8. The Bertz CT molecular complexity index is 913. The van der Waals surface area contributed by atoms with Crippen LogP contribution in [0.2, 0.25) is 5.02 Å². The first-order chi connectivity index (χ1) is 12.1. The van der Waals surface area contributed by atoms with Gasteiger partial charge in [0.15, 0.2) is 0 Å². The molecule has 1 heterocycles. The summed E-state index contributed by atoms with van der Waals surface area (Å²) in [7, 11) is 0. The monoisotopic (exact) mass is 351 g/mol. The largest absolute Gasteiger partial charge is 0.322 e. The van der Waals surface area contributed by atoms with Gasteiger partial charge in [0, 0.05) is 28.2 Å². The van der Waals surface area contributed by atoms with E-state index in [2.05, 4.69) is 15.6 Å². The van der Waals surface area contributed by atoms with Crippen molar-refractivity contribution >= 4 is 34.8 Å². The van der Waals surface area contributed by atoms with E-state index >= 15 is 0 Å². The SMILES string of the molecule is O=C(Nc1ccccc1)c1ccnc(C(=O)Nc2cccc(Cl)c2)c1. The first kappa shape index (κ1) is 16.7. The number of anilines is 2. The Balaban J connectivity index is 1.74. The number of benzene rings is 2. The van der Waals surface area contributed by atoms with Crippen LogP contribution in [-0.4, -0.2) is 16.8 Å². The maximum absolute atomic E-state index is 12.3. The first-order valence-electron chi connectivity index (χ1n) is 7.51. The molecule has 0 unspecified atom stereocenters. The van der Waals surface area contributed by atoms with Crippen molar-refractivity contribution in [2.24, 2.45) is 0 Å². The van der Waals surface area contributed by atoms with Crippen LogP contribution < -0.4 is 10.6 Å². The minimum atomic E-state index is -0.420. The summed E-state index contributed by atoms with van der Waals surface area (Å²) in [6, 6.07) is 18.9. The Hall–Kier alpha value is -3.18. The molecule has 0 spiro atoms. The van der Waals surface area contributed by atoms with Gasteiger partial charge in [0.25, 0.3) is 11.8 Å². The zero-order chi connectivity index (χ0) is 17.6. The van der Waals surface area contributed by atoms with Crippen LogP contribution in [0.3, 0.4) is 0 Å². The molecular formula is C19H14ClN3O2. The summed E-state index contributed by atoms with van der Waals surface area (Å²) in [6.45, 7) is 0. The molecule has 124 valence electrons. The van der Waals surface area contributed by atoms with Gasteiger partial charge in [-0.3, -0.25) is 14.6 Å². The molecule has 2 N–H and O–H groups in total. The van der Waals surface area contributed by atoms with Crippen LogP contribution in [0.4, 0.5) is 11.4 Å². The van der Waals surface area contributed by atoms with Gasteiger partial charge in [-0.15, -0.1) is 0 Å². The van der Waals surface area contributed by atoms with Crippen molar-refractivity contribution in [1.82, 2.24) is 4.98 Å². The van der Waals surface area contributed by atoms with Crippen LogP contribution in [0.1, 0.15) is 20.8 Å². The molecule has 0 fully saturated rings. The lowest BCUT2D eigenvalue weighted by Gasteiger charge is -2.07. The molecule has 0 bridgehead atoms. The molecule has 0 aliphatic heterocycles. The number of carbonyl (C=O) groups is 2. The van der Waals surface area contributed by atoms with E-state index in [9.17, 15) is 9.59 Å². The minimum Gasteiger partial charge on any atom is -0.322 e. The maximum Gasteiger partial charge on any atom is 0.274 e. The van der Waals surface area contributed by atoms with Gasteiger partial charge in [-0.1, -0.05) is 35.9 Å². The number of carbonyl (C=O) groups excluding carboxylic acids is 2. The first-order valence-corrected chi connectivity index (χ1v) is 7.89. The predicted octanol–water partition coefficient (Wildman–Crippen LogP) is 4.24. The summed E-state index contributed by atoms with van der Waals surface area (Å²) in [5.74, 6) is -0.734. The second kappa shape index (κ2) is 7.59. The summed E-state index contributed by atoms with van der Waals surface area (Å²) in [5, 5.41) is 5.98. The molecule has 25 heavy (non-hydrogen) atoms. The van der Waals surface area contributed by atoms with E-state index in [0.29, 0.717) is 22.0 Å². The van der Waals surface area contributed by atoms with Crippen LogP contribution in [0.5, 0.6) is 0 Å². The van der Waals surface area contributed by atoms with Gasteiger partial charge >= 0.3 is 0 Å². The fraction of sp³-hybridized carbons (Fsp3) is 0. The highest BCUT2D eigenvalue weighted by molar-refractivity contribution is 6.31. The maximum atomic E-state index is 12.3. The molecule has 2 amide bonds. The molecule has 0 aliphatic carbocycles. The molecule has 0 saturated carbocycles. The second-order valence-corrected chi connectivity index (χ2v) is 5.65. The van der Waals surface area contributed by atoms with Gasteiger partial charge in [-0.25, -0.2) is 0 Å². The average Bonchev–Trinajstić information content (AvgIpc) is 2.62. The number of nitrogens with one attached hydrogen (secondary N) is 2. The van der Waals surface area contributed by atoms with Crippen LogP contribution in [0.15, 0.2) is 72.9 Å². The zero-order valence-electron chi connectivity index (χ0n) is 13.1. The van der Waals surface area contributed by atoms with Crippen LogP contribution in [-0.2, 0) is 0 Å². The number of aromatic nitrogens is 1. The van der Waals surface area contributed by atoms with Crippen molar-refractivity contribution in [2.45, 2.75) is 0 Å². The van der Waals surface area contributed by atoms with Crippen molar-refractivity contribution in [3.8, 4) is 0 Å². The van der Waals surface area contributed by atoms with E-state index in [4.69, 9.17) is 11.6 Å². The second-order valence-electron chi connectivity index (χ2n) is 5.21. The summed E-state index contributed by atoms with van der Waals surface area (Å²) in [4.78, 5) is 28.6. The van der Waals surface area contributed by atoms with E-state index in [1.54, 1.807) is 42.5 Å². The fourth-order valence-corrected chi connectivity index (χ4v) is 2.37. The van der Waals surface area contributed by atoms with E-state index in [0.717, 1.165) is 0 Å². The molecule has 3 rings (SSSR count). The Kier molecular flexibility index (Phi) is 5.06. The molecule has 0 atom stereocenters. The molecule has 2 aromatic carbocycles. The third-order valence-corrected chi connectivity index (χ3v) is 3.60. The highest BCUT2D eigenvalue weighted by Crippen LogP contribution is 2.16. The lowest BCUT2D eigenvalue weighted by molar-refractivity contribution is 0.102. The minimum absolute atomic E-state index is 0.140.